The van der Waals surface area contributed by atoms with E-state index in [1.807, 2.05) is 0 Å². The molecule has 0 bridgehead atoms. The molecule has 0 aromatic rings. The number of rotatable bonds is 2. The van der Waals surface area contributed by atoms with Crippen LogP contribution in [0.5, 0.6) is 0 Å². The van der Waals surface area contributed by atoms with Crippen LogP contribution in [0, 0.1) is 0 Å². The van der Waals surface area contributed by atoms with Crippen molar-refractivity contribution in [3.63, 3.8) is 0 Å². The van der Waals surface area contributed by atoms with Crippen LogP contribution >= 0.6 is 11.8 Å². The summed E-state index contributed by atoms with van der Waals surface area (Å²) in [4.78, 5) is 5.45. The van der Waals surface area contributed by atoms with Crippen LogP contribution in [0.2, 0.25) is 0 Å². The van der Waals surface area contributed by atoms with Gasteiger partial charge in [0.2, 0.25) is 0 Å². The predicted molar refractivity (Wildman–Crippen MR) is 55.7 cm³/mol. The smallest absolute Gasteiger partial charge is 0.180 e. The van der Waals surface area contributed by atoms with Gasteiger partial charge in [-0.25, -0.2) is 9.38 Å². The Bertz CT molecular complexity index is 310. The van der Waals surface area contributed by atoms with Gasteiger partial charge in [0.1, 0.15) is 18.3 Å². The summed E-state index contributed by atoms with van der Waals surface area (Å²) >= 11 is 1.50. The van der Waals surface area contributed by atoms with Crippen molar-refractivity contribution < 1.29 is 14.2 Å². The summed E-state index contributed by atoms with van der Waals surface area (Å²) < 4.78 is 18.6. The van der Waals surface area contributed by atoms with Gasteiger partial charge < -0.3 is 20.5 Å². The molecule has 84 valence electrons. The van der Waals surface area contributed by atoms with E-state index in [1.165, 1.54) is 18.0 Å². The molecule has 0 saturated carbocycles. The van der Waals surface area contributed by atoms with Crippen LogP contribution in [-0.4, -0.2) is 46.5 Å². The maximum absolute atomic E-state index is 13.1. The lowest BCUT2D eigenvalue weighted by Gasteiger charge is -2.27. The van der Waals surface area contributed by atoms with Crippen molar-refractivity contribution >= 4 is 17.6 Å². The lowest BCUT2D eigenvalue weighted by molar-refractivity contribution is -0.0360. The van der Waals surface area contributed by atoms with Crippen molar-refractivity contribution in [2.45, 2.75) is 11.7 Å². The van der Waals surface area contributed by atoms with Crippen LogP contribution < -0.4 is 5.73 Å². The average molecular weight is 233 g/mol. The first-order chi connectivity index (χ1) is 7.20. The highest BCUT2D eigenvalue weighted by Gasteiger charge is 2.30. The first-order valence-corrected chi connectivity index (χ1v) is 5.57. The number of thioether (sulfide) groups is 1. The molecule has 2 atom stereocenters. The number of hydrogen-bond acceptors (Lipinski definition) is 6. The van der Waals surface area contributed by atoms with Gasteiger partial charge in [0.05, 0.1) is 6.61 Å². The SMILES string of the molecule is NC1=NCN(C2CSC(CO)O2)C=C1F. The fraction of sp³-hybridized carbons (Fsp3) is 0.625. The van der Waals surface area contributed by atoms with Gasteiger partial charge in [0.25, 0.3) is 0 Å². The molecule has 2 rings (SSSR count). The molecule has 0 aromatic heterocycles. The van der Waals surface area contributed by atoms with Gasteiger partial charge in [0.15, 0.2) is 11.7 Å². The minimum Gasteiger partial charge on any atom is -0.393 e. The zero-order valence-electron chi connectivity index (χ0n) is 7.97. The van der Waals surface area contributed by atoms with Crippen LogP contribution in [0.25, 0.3) is 0 Å². The molecule has 2 aliphatic rings. The van der Waals surface area contributed by atoms with E-state index in [4.69, 9.17) is 15.6 Å². The molecule has 2 aliphatic heterocycles. The van der Waals surface area contributed by atoms with Crippen molar-refractivity contribution in [1.82, 2.24) is 4.90 Å². The van der Waals surface area contributed by atoms with Gasteiger partial charge in [-0.05, 0) is 0 Å². The molecule has 5 nitrogen and oxygen atoms in total. The third-order valence-electron chi connectivity index (χ3n) is 2.18. The van der Waals surface area contributed by atoms with Crippen molar-refractivity contribution in [3.05, 3.63) is 12.0 Å². The molecule has 1 saturated heterocycles. The minimum atomic E-state index is -0.540. The average Bonchev–Trinajstić information content (AvgIpc) is 2.70. The van der Waals surface area contributed by atoms with Crippen molar-refractivity contribution in [2.24, 2.45) is 10.7 Å². The Morgan fingerprint density at radius 1 is 1.80 bits per heavy atom. The van der Waals surface area contributed by atoms with E-state index < -0.39 is 5.83 Å². The van der Waals surface area contributed by atoms with E-state index in [0.717, 1.165) is 0 Å². The number of nitrogens with zero attached hydrogens (tertiary/aromatic N) is 2. The second kappa shape index (κ2) is 4.38. The molecule has 0 aliphatic carbocycles. The molecule has 2 unspecified atom stereocenters. The number of ether oxygens (including phenoxy) is 1. The van der Waals surface area contributed by atoms with Crippen LogP contribution in [0.15, 0.2) is 17.0 Å². The second-order valence-electron chi connectivity index (χ2n) is 3.21. The van der Waals surface area contributed by atoms with Crippen LogP contribution in [-0.2, 0) is 4.74 Å². The van der Waals surface area contributed by atoms with Crippen molar-refractivity contribution in [1.29, 1.82) is 0 Å². The molecule has 1 fully saturated rings. The van der Waals surface area contributed by atoms with E-state index in [-0.39, 0.29) is 24.1 Å². The highest BCUT2D eigenvalue weighted by molar-refractivity contribution is 8.00. The largest absolute Gasteiger partial charge is 0.393 e. The van der Waals surface area contributed by atoms with Gasteiger partial charge in [-0.3, -0.25) is 0 Å². The number of aliphatic hydroxyl groups is 1. The maximum atomic E-state index is 13.1. The third kappa shape index (κ3) is 2.24. The highest BCUT2D eigenvalue weighted by Crippen LogP contribution is 2.28. The fourth-order valence-electron chi connectivity index (χ4n) is 1.37. The number of halogens is 1. The monoisotopic (exact) mass is 233 g/mol. The molecule has 15 heavy (non-hydrogen) atoms. The Balaban J connectivity index is 1.97. The predicted octanol–water partition coefficient (Wildman–Crippen LogP) is -0.165. The van der Waals surface area contributed by atoms with Crippen LogP contribution in [0.3, 0.4) is 0 Å². The lowest BCUT2D eigenvalue weighted by Crippen LogP contribution is -2.37. The summed E-state index contributed by atoms with van der Waals surface area (Å²) in [6.07, 6.45) is 1.06. The highest BCUT2D eigenvalue weighted by atomic mass is 32.2. The lowest BCUT2D eigenvalue weighted by atomic mass is 10.4. The van der Waals surface area contributed by atoms with Gasteiger partial charge in [-0.1, -0.05) is 0 Å². The Labute approximate surface area is 90.8 Å². The Morgan fingerprint density at radius 2 is 2.60 bits per heavy atom. The molecule has 0 aromatic carbocycles. The standard InChI is InChI=1S/C8H12FN3O2S/c9-5-1-12(4-11-8(5)10)6-3-15-7(2-13)14-6/h1,6-7,13H,2-4H2,(H2,10,11). The van der Waals surface area contributed by atoms with Crippen molar-refractivity contribution in [3.8, 4) is 0 Å². The summed E-state index contributed by atoms with van der Waals surface area (Å²) in [5.41, 5.74) is 5.06. The Morgan fingerprint density at radius 3 is 3.20 bits per heavy atom. The maximum Gasteiger partial charge on any atom is 0.180 e. The first kappa shape index (κ1) is 10.7. The quantitative estimate of drug-likeness (QED) is 0.693. The van der Waals surface area contributed by atoms with Crippen molar-refractivity contribution in [2.75, 3.05) is 19.0 Å². The Hall–Kier alpha value is -0.790. The van der Waals surface area contributed by atoms with Gasteiger partial charge in [-0.2, -0.15) is 0 Å². The van der Waals surface area contributed by atoms with E-state index in [1.54, 1.807) is 4.90 Å². The van der Waals surface area contributed by atoms with E-state index >= 15 is 0 Å². The zero-order valence-corrected chi connectivity index (χ0v) is 8.78. The van der Waals surface area contributed by atoms with Crippen LogP contribution in [0.4, 0.5) is 4.39 Å². The molecule has 0 radical (unpaired) electrons. The molecule has 7 heteroatoms. The van der Waals surface area contributed by atoms with Crippen LogP contribution in [0.1, 0.15) is 0 Å². The second-order valence-corrected chi connectivity index (χ2v) is 4.40. The molecular formula is C8H12FN3O2S. The molecular weight excluding hydrogens is 221 g/mol. The summed E-state index contributed by atoms with van der Waals surface area (Å²) in [5.74, 6) is 0.0719. The first-order valence-electron chi connectivity index (χ1n) is 4.52. The van der Waals surface area contributed by atoms with Gasteiger partial charge in [-0.15, -0.1) is 11.8 Å². The van der Waals surface area contributed by atoms with Gasteiger partial charge in [0, 0.05) is 12.0 Å². The third-order valence-corrected chi connectivity index (χ3v) is 3.29. The topological polar surface area (TPSA) is 71.1 Å². The molecule has 3 N–H and O–H groups in total. The zero-order chi connectivity index (χ0) is 10.8. The summed E-state index contributed by atoms with van der Waals surface area (Å²) in [5, 5.41) is 8.87. The van der Waals surface area contributed by atoms with Gasteiger partial charge >= 0.3 is 0 Å². The number of hydrogen-bond donors (Lipinski definition) is 2. The van der Waals surface area contributed by atoms with E-state index in [0.29, 0.717) is 12.4 Å². The minimum absolute atomic E-state index is 0.0351. The molecule has 2 heterocycles. The summed E-state index contributed by atoms with van der Waals surface area (Å²) in [7, 11) is 0. The molecule has 0 amide bonds. The van der Waals surface area contributed by atoms with E-state index in [2.05, 4.69) is 4.99 Å². The normalized spacial score (nSPS) is 31.5. The Kier molecular flexibility index (Phi) is 3.13. The number of aliphatic imine (C=N–C) groups is 1. The number of aliphatic hydroxyl groups excluding tert-OH is 1. The fourth-order valence-corrected chi connectivity index (χ4v) is 2.33. The molecule has 0 spiro atoms. The van der Waals surface area contributed by atoms with E-state index in [9.17, 15) is 4.39 Å². The number of nitrogens with two attached hydrogens (primary N) is 1. The number of amidine groups is 1. The summed E-state index contributed by atoms with van der Waals surface area (Å²) in [6, 6.07) is 0. The summed E-state index contributed by atoms with van der Waals surface area (Å²) in [6.45, 7) is 0.259.